The minimum Gasteiger partial charge on any atom is -0.351 e. The van der Waals surface area contributed by atoms with Crippen molar-refractivity contribution in [1.29, 1.82) is 0 Å². The molecule has 1 aliphatic heterocycles. The van der Waals surface area contributed by atoms with E-state index in [9.17, 15) is 18.0 Å². The summed E-state index contributed by atoms with van der Waals surface area (Å²) in [7, 11) is 1.60. The quantitative estimate of drug-likeness (QED) is 0.885. The number of anilines is 1. The lowest BCUT2D eigenvalue weighted by atomic mass is 10.0. The van der Waals surface area contributed by atoms with Gasteiger partial charge in [0.15, 0.2) is 0 Å². The number of alkyl halides is 3. The Morgan fingerprint density at radius 3 is 2.70 bits per heavy atom. The molecule has 1 atom stereocenters. The van der Waals surface area contributed by atoms with Crippen LogP contribution in [0.25, 0.3) is 0 Å². The van der Waals surface area contributed by atoms with Crippen molar-refractivity contribution in [2.45, 2.75) is 32.0 Å². The van der Waals surface area contributed by atoms with E-state index in [-0.39, 0.29) is 30.0 Å². The molecule has 2 heterocycles. The van der Waals surface area contributed by atoms with Crippen LogP contribution in [0.2, 0.25) is 0 Å². The van der Waals surface area contributed by atoms with E-state index in [1.807, 2.05) is 6.92 Å². The van der Waals surface area contributed by atoms with Crippen LogP contribution in [0.4, 0.5) is 19.0 Å². The highest BCUT2D eigenvalue weighted by molar-refractivity contribution is 5.40. The summed E-state index contributed by atoms with van der Waals surface area (Å²) >= 11 is 0. The number of rotatable bonds is 4. The third-order valence-corrected chi connectivity index (χ3v) is 4.95. The van der Waals surface area contributed by atoms with Crippen molar-refractivity contribution in [3.05, 3.63) is 57.6 Å². The predicted octanol–water partition coefficient (Wildman–Crippen LogP) is 2.38. The highest BCUT2D eigenvalue weighted by Gasteiger charge is 2.32. The van der Waals surface area contributed by atoms with Gasteiger partial charge in [-0.15, -0.1) is 0 Å². The highest BCUT2D eigenvalue weighted by atomic mass is 19.4. The molecule has 1 aromatic heterocycles. The maximum Gasteiger partial charge on any atom is 0.416 e. The van der Waals surface area contributed by atoms with Crippen molar-refractivity contribution in [2.24, 2.45) is 7.05 Å². The van der Waals surface area contributed by atoms with Gasteiger partial charge in [-0.2, -0.15) is 13.2 Å². The van der Waals surface area contributed by atoms with E-state index in [1.54, 1.807) is 13.1 Å². The fourth-order valence-corrected chi connectivity index (χ4v) is 3.39. The van der Waals surface area contributed by atoms with Gasteiger partial charge < -0.3 is 10.2 Å². The van der Waals surface area contributed by atoms with Crippen molar-refractivity contribution in [3.63, 3.8) is 0 Å². The molecule has 0 radical (unpaired) electrons. The van der Waals surface area contributed by atoms with Crippen LogP contribution in [-0.4, -0.2) is 35.2 Å². The molecule has 1 aliphatic rings. The van der Waals surface area contributed by atoms with Gasteiger partial charge in [0, 0.05) is 45.2 Å². The van der Waals surface area contributed by atoms with Crippen LogP contribution in [0, 0.1) is 0 Å². The molecule has 2 aromatic rings. The van der Waals surface area contributed by atoms with E-state index >= 15 is 0 Å². The summed E-state index contributed by atoms with van der Waals surface area (Å²) in [5.41, 5.74) is -0.632. The first-order valence-electron chi connectivity index (χ1n) is 8.97. The van der Waals surface area contributed by atoms with Crippen molar-refractivity contribution < 1.29 is 13.2 Å². The fraction of sp³-hybridized carbons (Fsp3) is 0.474. The second kappa shape index (κ2) is 7.72. The number of hydrogen-bond acceptors (Lipinski definition) is 4. The number of hydrogen-bond donors (Lipinski definition) is 1. The minimum atomic E-state index is -4.39. The zero-order chi connectivity index (χ0) is 19.6. The maximum absolute atomic E-state index is 13.2. The van der Waals surface area contributed by atoms with Crippen LogP contribution in [0.15, 0.2) is 35.1 Å². The Hall–Kier alpha value is -2.35. The lowest BCUT2D eigenvalue weighted by molar-refractivity contribution is -0.138. The van der Waals surface area contributed by atoms with Crippen LogP contribution in [0.5, 0.6) is 0 Å². The van der Waals surface area contributed by atoms with Gasteiger partial charge in [0.05, 0.1) is 5.56 Å². The first-order valence-corrected chi connectivity index (χ1v) is 8.97. The summed E-state index contributed by atoms with van der Waals surface area (Å²) in [6.07, 6.45) is -3.97. The molecule has 0 unspecified atom stereocenters. The zero-order valence-electron chi connectivity index (χ0n) is 15.4. The van der Waals surface area contributed by atoms with Crippen LogP contribution in [0.1, 0.15) is 23.9 Å². The van der Waals surface area contributed by atoms with Crippen LogP contribution in [0.3, 0.4) is 0 Å². The van der Waals surface area contributed by atoms with E-state index < -0.39 is 11.7 Å². The summed E-state index contributed by atoms with van der Waals surface area (Å²) in [4.78, 5) is 19.0. The minimum absolute atomic E-state index is 0.163. The van der Waals surface area contributed by atoms with Crippen LogP contribution < -0.4 is 15.8 Å². The van der Waals surface area contributed by atoms with Gasteiger partial charge in [-0.25, -0.2) is 4.98 Å². The molecule has 0 spiro atoms. The Morgan fingerprint density at radius 2 is 2.00 bits per heavy atom. The number of halogens is 3. The monoisotopic (exact) mass is 380 g/mol. The molecule has 1 N–H and O–H groups in total. The van der Waals surface area contributed by atoms with Gasteiger partial charge in [0.1, 0.15) is 11.6 Å². The van der Waals surface area contributed by atoms with Gasteiger partial charge in [-0.05, 0) is 25.0 Å². The third kappa shape index (κ3) is 4.32. The van der Waals surface area contributed by atoms with Crippen molar-refractivity contribution in [1.82, 2.24) is 14.9 Å². The average Bonchev–Trinajstić information content (AvgIpc) is 2.63. The van der Waals surface area contributed by atoms with Gasteiger partial charge in [0.2, 0.25) is 0 Å². The van der Waals surface area contributed by atoms with Crippen LogP contribution in [-0.2, 0) is 26.1 Å². The molecule has 27 heavy (non-hydrogen) atoms. The number of nitrogens with zero attached hydrogens (tertiary/aromatic N) is 3. The molecule has 146 valence electrons. The number of benzene rings is 1. The molecule has 1 fully saturated rings. The van der Waals surface area contributed by atoms with Gasteiger partial charge in [-0.3, -0.25) is 9.36 Å². The molecule has 0 aliphatic carbocycles. The fourth-order valence-electron chi connectivity index (χ4n) is 3.39. The lowest BCUT2D eigenvalue weighted by Crippen LogP contribution is -2.50. The molecular weight excluding hydrogens is 357 g/mol. The number of aryl methyl sites for hydroxylation is 2. The molecule has 1 aromatic carbocycles. The Bertz CT molecular complexity index is 863. The summed E-state index contributed by atoms with van der Waals surface area (Å²) < 4.78 is 41.0. The van der Waals surface area contributed by atoms with Crippen LogP contribution >= 0.6 is 0 Å². The van der Waals surface area contributed by atoms with Crippen molar-refractivity contribution in [3.8, 4) is 0 Å². The molecule has 1 saturated heterocycles. The Labute approximate surface area is 155 Å². The first-order chi connectivity index (χ1) is 12.8. The summed E-state index contributed by atoms with van der Waals surface area (Å²) in [5.74, 6) is 1.08. The molecule has 3 rings (SSSR count). The SMILES string of the molecule is C[C@@H]1CNCCN1c1cc(=O)n(C)c(CCc2ccccc2C(F)(F)F)n1. The highest BCUT2D eigenvalue weighted by Crippen LogP contribution is 2.32. The smallest absolute Gasteiger partial charge is 0.351 e. The summed E-state index contributed by atoms with van der Waals surface area (Å²) in [6, 6.07) is 7.22. The lowest BCUT2D eigenvalue weighted by Gasteiger charge is -2.35. The molecule has 0 bridgehead atoms. The number of piperazine rings is 1. The van der Waals surface area contributed by atoms with E-state index in [0.717, 1.165) is 25.7 Å². The topological polar surface area (TPSA) is 50.2 Å². The van der Waals surface area contributed by atoms with Crippen molar-refractivity contribution >= 4 is 5.82 Å². The average molecular weight is 380 g/mol. The second-order valence-corrected chi connectivity index (χ2v) is 6.83. The second-order valence-electron chi connectivity index (χ2n) is 6.83. The molecular formula is C19H23F3N4O. The van der Waals surface area contributed by atoms with E-state index in [4.69, 9.17) is 0 Å². The molecule has 8 heteroatoms. The molecule has 5 nitrogen and oxygen atoms in total. The summed E-state index contributed by atoms with van der Waals surface area (Å²) in [6.45, 7) is 4.38. The predicted molar refractivity (Wildman–Crippen MR) is 98.0 cm³/mol. The Morgan fingerprint density at radius 1 is 1.26 bits per heavy atom. The van der Waals surface area contributed by atoms with Crippen molar-refractivity contribution in [2.75, 3.05) is 24.5 Å². The number of nitrogens with one attached hydrogen (secondary N) is 1. The normalized spacial score (nSPS) is 18.0. The first kappa shape index (κ1) is 19.4. The summed E-state index contributed by atoms with van der Waals surface area (Å²) in [5, 5.41) is 3.28. The van der Waals surface area contributed by atoms with Gasteiger partial charge in [0.25, 0.3) is 5.56 Å². The third-order valence-electron chi connectivity index (χ3n) is 4.95. The standard InChI is InChI=1S/C19H23F3N4O/c1-13-12-23-9-10-26(13)17-11-18(27)25(2)16(24-17)8-7-14-5-3-4-6-15(14)19(20,21)22/h3-6,11,13,23H,7-10,12H2,1-2H3/t13-/m1/s1. The molecule has 0 amide bonds. The maximum atomic E-state index is 13.2. The zero-order valence-corrected chi connectivity index (χ0v) is 15.4. The molecule has 0 saturated carbocycles. The van der Waals surface area contributed by atoms with Gasteiger partial charge in [-0.1, -0.05) is 18.2 Å². The number of aromatic nitrogens is 2. The van der Waals surface area contributed by atoms with E-state index in [0.29, 0.717) is 11.6 Å². The Balaban J connectivity index is 1.87. The largest absolute Gasteiger partial charge is 0.416 e. The van der Waals surface area contributed by atoms with E-state index in [1.165, 1.54) is 22.8 Å². The van der Waals surface area contributed by atoms with E-state index in [2.05, 4.69) is 15.2 Å². The Kier molecular flexibility index (Phi) is 5.55. The van der Waals surface area contributed by atoms with Gasteiger partial charge >= 0.3 is 6.18 Å².